The molecule has 1 fully saturated rings. The van der Waals surface area contributed by atoms with Crippen molar-refractivity contribution < 1.29 is 0 Å². The van der Waals surface area contributed by atoms with Crippen LogP contribution in [0, 0.1) is 11.3 Å². The van der Waals surface area contributed by atoms with Crippen molar-refractivity contribution in [1.82, 2.24) is 5.32 Å². The van der Waals surface area contributed by atoms with Gasteiger partial charge in [0.15, 0.2) is 0 Å². The van der Waals surface area contributed by atoms with Gasteiger partial charge in [0.1, 0.15) is 0 Å². The Bertz CT molecular complexity index is 402. The van der Waals surface area contributed by atoms with Gasteiger partial charge in [0.05, 0.1) is 12.5 Å². The lowest BCUT2D eigenvalue weighted by molar-refractivity contribution is 0.503. The third kappa shape index (κ3) is 3.31. The lowest BCUT2D eigenvalue weighted by Crippen LogP contribution is -2.27. The van der Waals surface area contributed by atoms with E-state index >= 15 is 0 Å². The van der Waals surface area contributed by atoms with Crippen molar-refractivity contribution in [3.05, 3.63) is 35.4 Å². The highest BCUT2D eigenvalue weighted by atomic mass is 14.9. The number of nitrogens with one attached hydrogen (secondary N) is 1. The number of hydrogen-bond acceptors (Lipinski definition) is 2. The summed E-state index contributed by atoms with van der Waals surface area (Å²) in [5, 5.41) is 12.2. The second-order valence-electron chi connectivity index (χ2n) is 4.82. The van der Waals surface area contributed by atoms with Gasteiger partial charge in [0, 0.05) is 12.6 Å². The number of nitriles is 1. The first kappa shape index (κ1) is 12.1. The minimum absolute atomic E-state index is 0.326. The molecule has 1 aromatic carbocycles. The molecule has 0 heterocycles. The molecule has 0 radical (unpaired) electrons. The summed E-state index contributed by atoms with van der Waals surface area (Å²) in [7, 11) is 0. The zero-order chi connectivity index (χ0) is 12.1. The van der Waals surface area contributed by atoms with E-state index in [0.717, 1.165) is 18.9 Å². The standard InChI is InChI=1S/C15H20N2/c1-2-14(9-10-16)17-11-13-5-3-4-6-15(13)12-7-8-12/h3-6,12,14,17H,2,7-9,11H2,1H3. The van der Waals surface area contributed by atoms with Gasteiger partial charge in [-0.05, 0) is 36.3 Å². The fourth-order valence-electron chi connectivity index (χ4n) is 2.21. The molecule has 2 heteroatoms. The van der Waals surface area contributed by atoms with Gasteiger partial charge in [-0.15, -0.1) is 0 Å². The maximum absolute atomic E-state index is 8.73. The Balaban J connectivity index is 1.96. The van der Waals surface area contributed by atoms with Crippen LogP contribution in [0.25, 0.3) is 0 Å². The normalized spacial score (nSPS) is 16.5. The van der Waals surface area contributed by atoms with Gasteiger partial charge in [-0.2, -0.15) is 5.26 Å². The molecule has 2 nitrogen and oxygen atoms in total. The Labute approximate surface area is 104 Å². The van der Waals surface area contributed by atoms with Crippen molar-refractivity contribution in [3.63, 3.8) is 0 Å². The lowest BCUT2D eigenvalue weighted by Gasteiger charge is -2.15. The molecule has 1 saturated carbocycles. The van der Waals surface area contributed by atoms with E-state index in [-0.39, 0.29) is 0 Å². The molecule has 0 saturated heterocycles. The van der Waals surface area contributed by atoms with Crippen LogP contribution in [-0.4, -0.2) is 6.04 Å². The first-order chi connectivity index (χ1) is 8.35. The Morgan fingerprint density at radius 3 is 2.82 bits per heavy atom. The van der Waals surface area contributed by atoms with Crippen LogP contribution >= 0.6 is 0 Å². The monoisotopic (exact) mass is 228 g/mol. The van der Waals surface area contributed by atoms with Crippen LogP contribution in [0.15, 0.2) is 24.3 Å². The molecule has 0 amide bonds. The van der Waals surface area contributed by atoms with Gasteiger partial charge in [-0.25, -0.2) is 0 Å². The Morgan fingerprint density at radius 2 is 2.18 bits per heavy atom. The van der Waals surface area contributed by atoms with Crippen molar-refractivity contribution in [2.45, 2.75) is 51.1 Å². The van der Waals surface area contributed by atoms with Crippen LogP contribution in [0.1, 0.15) is 49.7 Å². The van der Waals surface area contributed by atoms with Crippen molar-refractivity contribution in [2.75, 3.05) is 0 Å². The summed E-state index contributed by atoms with van der Waals surface area (Å²) in [6.07, 6.45) is 4.29. The van der Waals surface area contributed by atoms with Gasteiger partial charge in [0.2, 0.25) is 0 Å². The van der Waals surface area contributed by atoms with E-state index in [9.17, 15) is 0 Å². The van der Waals surface area contributed by atoms with Crippen molar-refractivity contribution in [3.8, 4) is 6.07 Å². The van der Waals surface area contributed by atoms with E-state index in [0.29, 0.717) is 12.5 Å². The van der Waals surface area contributed by atoms with E-state index in [2.05, 4.69) is 42.6 Å². The molecule has 0 bridgehead atoms. The second-order valence-corrected chi connectivity index (χ2v) is 4.82. The topological polar surface area (TPSA) is 35.8 Å². The maximum atomic E-state index is 8.73. The highest BCUT2D eigenvalue weighted by molar-refractivity contribution is 5.33. The summed E-state index contributed by atoms with van der Waals surface area (Å²) in [5.41, 5.74) is 2.92. The van der Waals surface area contributed by atoms with Crippen molar-refractivity contribution in [2.24, 2.45) is 0 Å². The molecule has 2 rings (SSSR count). The van der Waals surface area contributed by atoms with Gasteiger partial charge in [-0.1, -0.05) is 31.2 Å². The minimum atomic E-state index is 0.326. The largest absolute Gasteiger partial charge is 0.309 e. The average molecular weight is 228 g/mol. The molecule has 17 heavy (non-hydrogen) atoms. The summed E-state index contributed by atoms with van der Waals surface area (Å²) in [6.45, 7) is 3.02. The molecule has 1 aliphatic carbocycles. The molecular weight excluding hydrogens is 208 g/mol. The number of hydrogen-bond donors (Lipinski definition) is 1. The van der Waals surface area contributed by atoms with Crippen LogP contribution in [-0.2, 0) is 6.54 Å². The van der Waals surface area contributed by atoms with E-state index in [1.54, 1.807) is 0 Å². The molecular formula is C15H20N2. The van der Waals surface area contributed by atoms with Crippen LogP contribution in [0.2, 0.25) is 0 Å². The third-order valence-corrected chi connectivity index (χ3v) is 3.48. The molecule has 0 aromatic heterocycles. The van der Waals surface area contributed by atoms with Crippen LogP contribution in [0.3, 0.4) is 0 Å². The van der Waals surface area contributed by atoms with Gasteiger partial charge in [0.25, 0.3) is 0 Å². The highest BCUT2D eigenvalue weighted by Crippen LogP contribution is 2.41. The van der Waals surface area contributed by atoms with Crippen molar-refractivity contribution in [1.29, 1.82) is 5.26 Å². The molecule has 0 spiro atoms. The first-order valence-corrected chi connectivity index (χ1v) is 6.53. The van der Waals surface area contributed by atoms with E-state index in [4.69, 9.17) is 5.26 Å². The zero-order valence-electron chi connectivity index (χ0n) is 10.4. The number of rotatable bonds is 6. The van der Waals surface area contributed by atoms with Gasteiger partial charge in [-0.3, -0.25) is 0 Å². The summed E-state index contributed by atoms with van der Waals surface area (Å²) in [4.78, 5) is 0. The van der Waals surface area contributed by atoms with Gasteiger partial charge < -0.3 is 5.32 Å². The summed E-state index contributed by atoms with van der Waals surface area (Å²) in [5.74, 6) is 0.795. The summed E-state index contributed by atoms with van der Waals surface area (Å²) in [6, 6.07) is 11.3. The first-order valence-electron chi connectivity index (χ1n) is 6.53. The fraction of sp³-hybridized carbons (Fsp3) is 0.533. The molecule has 90 valence electrons. The predicted octanol–water partition coefficient (Wildman–Crippen LogP) is 3.35. The highest BCUT2D eigenvalue weighted by Gasteiger charge is 2.25. The van der Waals surface area contributed by atoms with Crippen LogP contribution < -0.4 is 5.32 Å². The molecule has 1 aliphatic rings. The predicted molar refractivity (Wildman–Crippen MR) is 69.6 cm³/mol. The van der Waals surface area contributed by atoms with Gasteiger partial charge >= 0.3 is 0 Å². The Morgan fingerprint density at radius 1 is 1.41 bits per heavy atom. The minimum Gasteiger partial charge on any atom is -0.309 e. The molecule has 1 unspecified atom stereocenters. The van der Waals surface area contributed by atoms with E-state index < -0.39 is 0 Å². The maximum Gasteiger partial charge on any atom is 0.0638 e. The third-order valence-electron chi connectivity index (χ3n) is 3.48. The zero-order valence-corrected chi connectivity index (χ0v) is 10.4. The smallest absolute Gasteiger partial charge is 0.0638 e. The van der Waals surface area contributed by atoms with E-state index in [1.807, 2.05) is 0 Å². The van der Waals surface area contributed by atoms with Crippen LogP contribution in [0.4, 0.5) is 0 Å². The SMILES string of the molecule is CCC(CC#N)NCc1ccccc1C1CC1. The summed E-state index contributed by atoms with van der Waals surface area (Å²) < 4.78 is 0. The Hall–Kier alpha value is -1.33. The second kappa shape index (κ2) is 5.84. The van der Waals surface area contributed by atoms with Crippen LogP contribution in [0.5, 0.6) is 0 Å². The molecule has 1 N–H and O–H groups in total. The van der Waals surface area contributed by atoms with E-state index in [1.165, 1.54) is 24.0 Å². The quantitative estimate of drug-likeness (QED) is 0.810. The molecule has 0 aliphatic heterocycles. The lowest BCUT2D eigenvalue weighted by atomic mass is 10.0. The Kier molecular flexibility index (Phi) is 4.17. The van der Waals surface area contributed by atoms with Crippen molar-refractivity contribution >= 4 is 0 Å². The average Bonchev–Trinajstić information content (AvgIpc) is 3.19. The number of benzene rings is 1. The molecule has 1 aromatic rings. The molecule has 1 atom stereocenters. The fourth-order valence-corrected chi connectivity index (χ4v) is 2.21. The summed E-state index contributed by atoms with van der Waals surface area (Å²) >= 11 is 0. The number of nitrogens with zero attached hydrogens (tertiary/aromatic N) is 1.